The normalized spacial score (nSPS) is 16.8. The zero-order chi connectivity index (χ0) is 18.0. The Balaban J connectivity index is 1.90. The van der Waals surface area contributed by atoms with E-state index >= 15 is 0 Å². The van der Waals surface area contributed by atoms with Crippen LogP contribution >= 0.6 is 11.8 Å². The number of rotatable bonds is 4. The van der Waals surface area contributed by atoms with Crippen LogP contribution < -0.4 is 10.0 Å². The number of para-hydroxylation sites is 1. The highest BCUT2D eigenvalue weighted by Crippen LogP contribution is 2.36. The van der Waals surface area contributed by atoms with E-state index in [4.69, 9.17) is 0 Å². The molecule has 1 unspecified atom stereocenters. The molecule has 1 aliphatic heterocycles. The van der Waals surface area contributed by atoms with Crippen molar-refractivity contribution in [2.45, 2.75) is 16.6 Å². The van der Waals surface area contributed by atoms with Gasteiger partial charge in [-0.2, -0.15) is 5.26 Å². The second kappa shape index (κ2) is 6.79. The number of hydrogen-bond acceptors (Lipinski definition) is 6. The molecular formula is C18H11N2O4S-. The summed E-state index contributed by atoms with van der Waals surface area (Å²) < 4.78 is 0. The Morgan fingerprint density at radius 2 is 1.84 bits per heavy atom. The van der Waals surface area contributed by atoms with Crippen molar-refractivity contribution in [3.8, 4) is 6.07 Å². The van der Waals surface area contributed by atoms with E-state index in [-0.39, 0.29) is 23.2 Å². The minimum Gasteiger partial charge on any atom is -0.545 e. The number of carbonyl (C=O) groups excluding carboxylic acids is 3. The lowest BCUT2D eigenvalue weighted by molar-refractivity contribution is -0.255. The van der Waals surface area contributed by atoms with Crippen LogP contribution in [0.25, 0.3) is 0 Å². The van der Waals surface area contributed by atoms with Crippen LogP contribution in [-0.2, 0) is 9.59 Å². The molecule has 1 saturated heterocycles. The molecule has 6 nitrogen and oxygen atoms in total. The first-order chi connectivity index (χ1) is 12.0. The van der Waals surface area contributed by atoms with Crippen molar-refractivity contribution in [3.63, 3.8) is 0 Å². The minimum absolute atomic E-state index is 0.0244. The van der Waals surface area contributed by atoms with E-state index in [1.807, 2.05) is 6.07 Å². The van der Waals surface area contributed by atoms with Gasteiger partial charge in [-0.25, -0.2) is 4.90 Å². The molecule has 0 aliphatic carbocycles. The Morgan fingerprint density at radius 3 is 2.56 bits per heavy atom. The third-order valence-electron chi connectivity index (χ3n) is 3.75. The molecule has 1 heterocycles. The number of thioether (sulfide) groups is 1. The number of hydrogen-bond donors (Lipinski definition) is 0. The van der Waals surface area contributed by atoms with Gasteiger partial charge in [0.25, 0.3) is 0 Å². The lowest BCUT2D eigenvalue weighted by Gasteiger charge is -2.17. The van der Waals surface area contributed by atoms with E-state index in [1.54, 1.807) is 30.3 Å². The highest BCUT2D eigenvalue weighted by atomic mass is 32.2. The van der Waals surface area contributed by atoms with Gasteiger partial charge in [0.1, 0.15) is 6.07 Å². The maximum absolute atomic E-state index is 12.7. The molecule has 0 saturated carbocycles. The Kier molecular flexibility index (Phi) is 4.55. The van der Waals surface area contributed by atoms with E-state index < -0.39 is 23.0 Å². The number of nitriles is 1. The van der Waals surface area contributed by atoms with Crippen molar-refractivity contribution in [1.82, 2.24) is 0 Å². The van der Waals surface area contributed by atoms with Gasteiger partial charge in [-0.15, -0.1) is 11.8 Å². The van der Waals surface area contributed by atoms with Gasteiger partial charge in [0, 0.05) is 16.9 Å². The molecule has 7 heteroatoms. The van der Waals surface area contributed by atoms with Crippen molar-refractivity contribution in [2.75, 3.05) is 4.90 Å². The van der Waals surface area contributed by atoms with Gasteiger partial charge in [0.05, 0.1) is 22.5 Å². The summed E-state index contributed by atoms with van der Waals surface area (Å²) in [7, 11) is 0. The van der Waals surface area contributed by atoms with Crippen LogP contribution in [0.4, 0.5) is 5.69 Å². The van der Waals surface area contributed by atoms with Gasteiger partial charge in [-0.3, -0.25) is 9.59 Å². The van der Waals surface area contributed by atoms with E-state index in [9.17, 15) is 24.8 Å². The molecule has 124 valence electrons. The first-order valence-electron chi connectivity index (χ1n) is 7.36. The molecule has 2 amide bonds. The number of carboxylic acids is 1. The van der Waals surface area contributed by atoms with Crippen LogP contribution in [0.15, 0.2) is 53.4 Å². The summed E-state index contributed by atoms with van der Waals surface area (Å²) in [4.78, 5) is 37.6. The molecular weight excluding hydrogens is 340 g/mol. The molecule has 1 aliphatic rings. The smallest absolute Gasteiger partial charge is 0.247 e. The lowest BCUT2D eigenvalue weighted by Crippen LogP contribution is -2.31. The van der Waals surface area contributed by atoms with Crippen molar-refractivity contribution in [3.05, 3.63) is 59.7 Å². The molecule has 2 aromatic rings. The van der Waals surface area contributed by atoms with Crippen LogP contribution in [0.3, 0.4) is 0 Å². The summed E-state index contributed by atoms with van der Waals surface area (Å²) >= 11 is 1.01. The zero-order valence-corrected chi connectivity index (χ0v) is 13.7. The number of nitrogens with zero attached hydrogens (tertiary/aromatic N) is 2. The fourth-order valence-electron chi connectivity index (χ4n) is 2.60. The van der Waals surface area contributed by atoms with E-state index in [0.29, 0.717) is 4.90 Å². The summed E-state index contributed by atoms with van der Waals surface area (Å²) in [5, 5.41) is 19.6. The third-order valence-corrected chi connectivity index (χ3v) is 5.01. The first-order valence-corrected chi connectivity index (χ1v) is 8.24. The predicted octanol–water partition coefficient (Wildman–Crippen LogP) is 1.35. The number of amides is 2. The average Bonchev–Trinajstić information content (AvgIpc) is 2.88. The van der Waals surface area contributed by atoms with Gasteiger partial charge in [-0.05, 0) is 18.2 Å². The highest BCUT2D eigenvalue weighted by Gasteiger charge is 2.41. The Hall–Kier alpha value is -3.11. The van der Waals surface area contributed by atoms with Crippen LogP contribution in [-0.4, -0.2) is 23.0 Å². The maximum atomic E-state index is 12.7. The first kappa shape index (κ1) is 16.7. The standard InChI is InChI=1S/C18H12N2O4S/c19-10-11-5-1-3-7-13(11)20-16(21)9-15(17(20)22)25-14-8-4-2-6-12(14)18(23)24/h1-8,15H,9H2,(H,23,24)/p-1. The summed E-state index contributed by atoms with van der Waals surface area (Å²) in [6.07, 6.45) is -0.0648. The van der Waals surface area contributed by atoms with Gasteiger partial charge < -0.3 is 9.90 Å². The fraction of sp³-hybridized carbons (Fsp3) is 0.111. The molecule has 0 aromatic heterocycles. The number of anilines is 1. The average molecular weight is 351 g/mol. The van der Waals surface area contributed by atoms with Gasteiger partial charge in [0.2, 0.25) is 11.8 Å². The Bertz CT molecular complexity index is 919. The molecule has 0 radical (unpaired) electrons. The van der Waals surface area contributed by atoms with Crippen LogP contribution in [0.2, 0.25) is 0 Å². The number of carbonyl (C=O) groups is 3. The lowest BCUT2D eigenvalue weighted by atomic mass is 10.2. The third kappa shape index (κ3) is 3.12. The van der Waals surface area contributed by atoms with E-state index in [1.165, 1.54) is 18.2 Å². The highest BCUT2D eigenvalue weighted by molar-refractivity contribution is 8.00. The van der Waals surface area contributed by atoms with Crippen LogP contribution in [0.1, 0.15) is 22.3 Å². The predicted molar refractivity (Wildman–Crippen MR) is 88.7 cm³/mol. The summed E-state index contributed by atoms with van der Waals surface area (Å²) in [6, 6.07) is 14.5. The fourth-order valence-corrected chi connectivity index (χ4v) is 3.78. The molecule has 0 N–H and O–H groups in total. The Labute approximate surface area is 147 Å². The van der Waals surface area contributed by atoms with Gasteiger partial charge >= 0.3 is 0 Å². The number of carboxylic acid groups (broad SMARTS) is 1. The summed E-state index contributed by atoms with van der Waals surface area (Å²) in [5.74, 6) is -2.23. The van der Waals surface area contributed by atoms with Gasteiger partial charge in [0.15, 0.2) is 0 Å². The largest absolute Gasteiger partial charge is 0.545 e. The summed E-state index contributed by atoms with van der Waals surface area (Å²) in [6.45, 7) is 0. The topological polar surface area (TPSA) is 101 Å². The van der Waals surface area contributed by atoms with Crippen molar-refractivity contribution >= 4 is 35.2 Å². The quantitative estimate of drug-likeness (QED) is 0.771. The van der Waals surface area contributed by atoms with Gasteiger partial charge in [-0.1, -0.05) is 30.3 Å². The molecule has 1 fully saturated rings. The molecule has 2 aromatic carbocycles. The molecule has 1 atom stereocenters. The van der Waals surface area contributed by atoms with Crippen molar-refractivity contribution in [2.24, 2.45) is 0 Å². The SMILES string of the molecule is N#Cc1ccccc1N1C(=O)CC(Sc2ccccc2C(=O)[O-])C1=O. The number of imide groups is 1. The molecule has 0 spiro atoms. The van der Waals surface area contributed by atoms with Crippen molar-refractivity contribution < 1.29 is 19.5 Å². The maximum Gasteiger partial charge on any atom is 0.247 e. The number of aromatic carboxylic acids is 1. The monoisotopic (exact) mass is 351 g/mol. The second-order valence-corrected chi connectivity index (χ2v) is 6.54. The van der Waals surface area contributed by atoms with Crippen LogP contribution in [0, 0.1) is 11.3 Å². The molecule has 0 bridgehead atoms. The number of benzene rings is 2. The van der Waals surface area contributed by atoms with Crippen molar-refractivity contribution in [1.29, 1.82) is 5.26 Å². The molecule has 25 heavy (non-hydrogen) atoms. The minimum atomic E-state index is -1.34. The van der Waals surface area contributed by atoms with E-state index in [0.717, 1.165) is 16.7 Å². The molecule has 3 rings (SSSR count). The Morgan fingerprint density at radius 1 is 1.16 bits per heavy atom. The van der Waals surface area contributed by atoms with E-state index in [2.05, 4.69) is 0 Å². The van der Waals surface area contributed by atoms with Crippen LogP contribution in [0.5, 0.6) is 0 Å². The summed E-state index contributed by atoms with van der Waals surface area (Å²) in [5.41, 5.74) is 0.449. The second-order valence-electron chi connectivity index (χ2n) is 5.29. The zero-order valence-electron chi connectivity index (χ0n) is 12.8.